The second-order valence-corrected chi connectivity index (χ2v) is 6.45. The van der Waals surface area contributed by atoms with Gasteiger partial charge in [0.25, 0.3) is 0 Å². The molecule has 0 saturated heterocycles. The van der Waals surface area contributed by atoms with Gasteiger partial charge in [-0.15, -0.1) is 0 Å². The Kier molecular flexibility index (Phi) is 4.12. The van der Waals surface area contributed by atoms with Gasteiger partial charge in [-0.2, -0.15) is 0 Å². The highest BCUT2D eigenvalue weighted by molar-refractivity contribution is 9.11. The van der Waals surface area contributed by atoms with Gasteiger partial charge >= 0.3 is 0 Å². The van der Waals surface area contributed by atoms with E-state index in [4.69, 9.17) is 0 Å². The molecule has 0 spiro atoms. The molecule has 0 heterocycles. The maximum absolute atomic E-state index is 3.74. The van der Waals surface area contributed by atoms with Crippen LogP contribution in [0.25, 0.3) is 0 Å². The molecule has 0 aliphatic heterocycles. The Balaban J connectivity index is 1.99. The summed E-state index contributed by atoms with van der Waals surface area (Å²) in [5.41, 5.74) is 1.71. The molecular weight excluding hydrogens is 304 g/mol. The Hall–Kier alpha value is 0.700. The quantitative estimate of drug-likeness (QED) is 0.626. The summed E-state index contributed by atoms with van der Waals surface area (Å²) >= 11 is 7.32. The zero-order valence-electron chi connectivity index (χ0n) is 8.52. The lowest BCUT2D eigenvalue weighted by atomic mass is 9.87. The van der Waals surface area contributed by atoms with E-state index in [1.165, 1.54) is 44.9 Å². The molecule has 2 aliphatic rings. The maximum atomic E-state index is 3.74. The van der Waals surface area contributed by atoms with Crippen molar-refractivity contribution in [2.45, 2.75) is 49.8 Å². The molecule has 2 unspecified atom stereocenters. The first-order valence-electron chi connectivity index (χ1n) is 5.75. The zero-order valence-corrected chi connectivity index (χ0v) is 11.7. The van der Waals surface area contributed by atoms with E-state index in [9.17, 15) is 0 Å². The number of hydrogen-bond acceptors (Lipinski definition) is 0. The molecule has 2 saturated carbocycles. The lowest BCUT2D eigenvalue weighted by molar-refractivity contribution is 0.517. The summed E-state index contributed by atoms with van der Waals surface area (Å²) in [6.45, 7) is 0. The molecular formula is C12H18Br2. The second-order valence-electron chi connectivity index (χ2n) is 4.70. The van der Waals surface area contributed by atoms with Crippen LogP contribution in [-0.2, 0) is 0 Å². The van der Waals surface area contributed by atoms with Crippen LogP contribution >= 0.6 is 31.9 Å². The van der Waals surface area contributed by atoms with Gasteiger partial charge in [0, 0.05) is 4.83 Å². The molecule has 2 heteroatoms. The lowest BCUT2D eigenvalue weighted by Gasteiger charge is -2.20. The smallest absolute Gasteiger partial charge is 0.0151 e. The third kappa shape index (κ3) is 2.44. The Morgan fingerprint density at radius 1 is 1.00 bits per heavy atom. The van der Waals surface area contributed by atoms with Crippen LogP contribution in [0.2, 0.25) is 0 Å². The average molecular weight is 322 g/mol. The van der Waals surface area contributed by atoms with Crippen LogP contribution in [0.4, 0.5) is 0 Å². The van der Waals surface area contributed by atoms with Gasteiger partial charge in [-0.25, -0.2) is 0 Å². The molecule has 0 radical (unpaired) electrons. The summed E-state index contributed by atoms with van der Waals surface area (Å²) in [6.07, 6.45) is 9.86. The van der Waals surface area contributed by atoms with Crippen molar-refractivity contribution in [1.29, 1.82) is 0 Å². The molecule has 0 aromatic carbocycles. The van der Waals surface area contributed by atoms with Crippen LogP contribution in [0.3, 0.4) is 0 Å². The van der Waals surface area contributed by atoms with Crippen LogP contribution in [0, 0.1) is 11.8 Å². The normalized spacial score (nSPS) is 35.4. The minimum Gasteiger partial charge on any atom is -0.0890 e. The van der Waals surface area contributed by atoms with Crippen LogP contribution in [0.15, 0.2) is 10.6 Å². The molecule has 0 aromatic heterocycles. The van der Waals surface area contributed by atoms with Crippen LogP contribution in [-0.4, -0.2) is 4.83 Å². The van der Waals surface area contributed by atoms with Crippen molar-refractivity contribution in [2.75, 3.05) is 0 Å². The van der Waals surface area contributed by atoms with E-state index < -0.39 is 0 Å². The summed E-state index contributed by atoms with van der Waals surface area (Å²) in [5.74, 6) is 1.76. The van der Waals surface area contributed by atoms with E-state index in [1.54, 1.807) is 5.57 Å². The van der Waals surface area contributed by atoms with E-state index in [1.807, 2.05) is 0 Å². The molecule has 2 fully saturated rings. The van der Waals surface area contributed by atoms with Gasteiger partial charge in [-0.05, 0) is 48.9 Å². The highest BCUT2D eigenvalue weighted by Gasteiger charge is 2.30. The van der Waals surface area contributed by atoms with Gasteiger partial charge in [0.1, 0.15) is 0 Å². The Bertz CT molecular complexity index is 216. The summed E-state index contributed by atoms with van der Waals surface area (Å²) in [7, 11) is 0. The first kappa shape index (κ1) is 11.2. The summed E-state index contributed by atoms with van der Waals surface area (Å²) in [5, 5.41) is 0. The van der Waals surface area contributed by atoms with Crippen molar-refractivity contribution in [3.05, 3.63) is 10.6 Å². The number of halogens is 2. The maximum Gasteiger partial charge on any atom is 0.0151 e. The minimum absolute atomic E-state index is 0.774. The minimum atomic E-state index is 0.774. The van der Waals surface area contributed by atoms with Crippen LogP contribution in [0.1, 0.15) is 44.9 Å². The highest BCUT2D eigenvalue weighted by Crippen LogP contribution is 2.43. The van der Waals surface area contributed by atoms with Gasteiger partial charge in [0.15, 0.2) is 0 Å². The van der Waals surface area contributed by atoms with Crippen LogP contribution in [0.5, 0.6) is 0 Å². The van der Waals surface area contributed by atoms with Crippen molar-refractivity contribution in [3.63, 3.8) is 0 Å². The van der Waals surface area contributed by atoms with E-state index in [0.717, 1.165) is 16.7 Å². The molecule has 80 valence electrons. The predicted molar refractivity (Wildman–Crippen MR) is 69.0 cm³/mol. The Morgan fingerprint density at radius 2 is 1.71 bits per heavy atom. The number of alkyl halides is 1. The number of allylic oxidation sites excluding steroid dienone is 1. The predicted octanol–water partition coefficient (Wildman–Crippen LogP) is 5.02. The van der Waals surface area contributed by atoms with E-state index >= 15 is 0 Å². The third-order valence-electron chi connectivity index (χ3n) is 3.79. The molecule has 14 heavy (non-hydrogen) atoms. The number of rotatable bonds is 2. The SMILES string of the molecule is BrC=C(C1CCCC1)C1CCC(Br)C1. The fourth-order valence-corrected chi connectivity index (χ4v) is 4.46. The Morgan fingerprint density at radius 3 is 2.21 bits per heavy atom. The molecule has 2 atom stereocenters. The molecule has 0 N–H and O–H groups in total. The highest BCUT2D eigenvalue weighted by atomic mass is 79.9. The van der Waals surface area contributed by atoms with Crippen molar-refractivity contribution < 1.29 is 0 Å². The van der Waals surface area contributed by atoms with Gasteiger partial charge < -0.3 is 0 Å². The molecule has 2 aliphatic carbocycles. The van der Waals surface area contributed by atoms with Crippen molar-refractivity contribution in [1.82, 2.24) is 0 Å². The van der Waals surface area contributed by atoms with Crippen molar-refractivity contribution in [3.8, 4) is 0 Å². The topological polar surface area (TPSA) is 0 Å². The van der Waals surface area contributed by atoms with Gasteiger partial charge in [0.05, 0.1) is 0 Å². The fourth-order valence-electron chi connectivity index (χ4n) is 3.00. The average Bonchev–Trinajstić information content (AvgIpc) is 2.79. The molecule has 0 nitrogen and oxygen atoms in total. The fraction of sp³-hybridized carbons (Fsp3) is 0.833. The summed E-state index contributed by atoms with van der Waals surface area (Å²) < 4.78 is 0. The number of hydrogen-bond donors (Lipinski definition) is 0. The zero-order chi connectivity index (χ0) is 9.97. The van der Waals surface area contributed by atoms with Gasteiger partial charge in [-0.3, -0.25) is 0 Å². The standard InChI is InChI=1S/C12H18Br2/c13-8-12(9-3-1-2-4-9)10-5-6-11(14)7-10/h8-11H,1-7H2. The molecule has 0 amide bonds. The molecule has 2 rings (SSSR count). The molecule has 0 bridgehead atoms. The van der Waals surface area contributed by atoms with Gasteiger partial charge in [-0.1, -0.05) is 50.3 Å². The first-order chi connectivity index (χ1) is 6.81. The Labute approximate surface area is 104 Å². The first-order valence-corrected chi connectivity index (χ1v) is 7.58. The van der Waals surface area contributed by atoms with Gasteiger partial charge in [0.2, 0.25) is 0 Å². The van der Waals surface area contributed by atoms with E-state index in [2.05, 4.69) is 36.8 Å². The van der Waals surface area contributed by atoms with E-state index in [0.29, 0.717) is 0 Å². The monoisotopic (exact) mass is 320 g/mol. The van der Waals surface area contributed by atoms with E-state index in [-0.39, 0.29) is 0 Å². The third-order valence-corrected chi connectivity index (χ3v) is 5.15. The summed E-state index contributed by atoms with van der Waals surface area (Å²) in [6, 6.07) is 0. The largest absolute Gasteiger partial charge is 0.0890 e. The summed E-state index contributed by atoms with van der Waals surface area (Å²) in [4.78, 5) is 3.01. The van der Waals surface area contributed by atoms with Crippen molar-refractivity contribution in [2.24, 2.45) is 11.8 Å². The molecule has 0 aromatic rings. The van der Waals surface area contributed by atoms with Crippen molar-refractivity contribution >= 4 is 31.9 Å². The van der Waals surface area contributed by atoms with Crippen LogP contribution < -0.4 is 0 Å². The second kappa shape index (κ2) is 5.16. The lowest BCUT2D eigenvalue weighted by Crippen LogP contribution is -2.08.